The van der Waals surface area contributed by atoms with Crippen molar-refractivity contribution in [3.05, 3.63) is 0 Å². The monoisotopic (exact) mass is 712 g/mol. The lowest BCUT2D eigenvalue weighted by Crippen LogP contribution is -2.62. The van der Waals surface area contributed by atoms with Gasteiger partial charge in [0.15, 0.2) is 0 Å². The van der Waals surface area contributed by atoms with E-state index in [1.807, 2.05) is 69.2 Å². The molecule has 1 heterocycles. The Bertz CT molecular complexity index is 1100. The highest BCUT2D eigenvalue weighted by atomic mass is 16.6. The van der Waals surface area contributed by atoms with E-state index in [1.165, 1.54) is 0 Å². The second kappa shape index (κ2) is 19.7. The number of amides is 1. The predicted molar refractivity (Wildman–Crippen MR) is 192 cm³/mol. The fraction of sp³-hybridized carbons (Fsp3) is 0.865. The molecule has 1 fully saturated rings. The maximum atomic E-state index is 13.6. The van der Waals surface area contributed by atoms with Crippen molar-refractivity contribution in [1.82, 2.24) is 19.6 Å². The van der Waals surface area contributed by atoms with Crippen LogP contribution in [-0.2, 0) is 42.9 Å². The average molecular weight is 713 g/mol. The zero-order chi connectivity index (χ0) is 38.4. The molecule has 13 nitrogen and oxygen atoms in total. The Balaban J connectivity index is 3.71. The third-order valence-electron chi connectivity index (χ3n) is 8.86. The number of nitrogens with zero attached hydrogens (tertiary/aromatic N) is 4. The summed E-state index contributed by atoms with van der Waals surface area (Å²) in [4.78, 5) is 70.0. The number of ether oxygens (including phenoxy) is 4. The summed E-state index contributed by atoms with van der Waals surface area (Å²) in [5.74, 6) is -0.665. The van der Waals surface area contributed by atoms with Crippen molar-refractivity contribution in [3.63, 3.8) is 0 Å². The van der Waals surface area contributed by atoms with Crippen molar-refractivity contribution in [3.8, 4) is 0 Å². The van der Waals surface area contributed by atoms with E-state index in [-0.39, 0.29) is 30.9 Å². The van der Waals surface area contributed by atoms with Crippen LogP contribution in [0.1, 0.15) is 114 Å². The first kappa shape index (κ1) is 45.3. The predicted octanol–water partition coefficient (Wildman–Crippen LogP) is 4.05. The molecule has 0 aromatic rings. The zero-order valence-corrected chi connectivity index (χ0v) is 33.2. The van der Waals surface area contributed by atoms with Crippen LogP contribution in [0.4, 0.5) is 0 Å². The summed E-state index contributed by atoms with van der Waals surface area (Å²) in [5.41, 5.74) is -3.42. The first-order chi connectivity index (χ1) is 22.9. The molecule has 0 N–H and O–H groups in total. The Labute approximate surface area is 301 Å². The maximum Gasteiger partial charge on any atom is 0.320 e. The van der Waals surface area contributed by atoms with Crippen LogP contribution < -0.4 is 0 Å². The van der Waals surface area contributed by atoms with Crippen LogP contribution in [0.25, 0.3) is 0 Å². The normalized spacial score (nSPS) is 18.5. The molecule has 0 radical (unpaired) electrons. The summed E-state index contributed by atoms with van der Waals surface area (Å²) in [6.07, 6.45) is 4.11. The van der Waals surface area contributed by atoms with Gasteiger partial charge in [0.05, 0.1) is 13.1 Å². The molecule has 1 saturated heterocycles. The van der Waals surface area contributed by atoms with Crippen LogP contribution in [0.2, 0.25) is 0 Å². The van der Waals surface area contributed by atoms with Crippen molar-refractivity contribution < 1.29 is 42.9 Å². The molecule has 1 amide bonds. The van der Waals surface area contributed by atoms with Crippen molar-refractivity contribution in [2.24, 2.45) is 0 Å². The van der Waals surface area contributed by atoms with Gasteiger partial charge in [-0.1, -0.05) is 6.42 Å². The van der Waals surface area contributed by atoms with Gasteiger partial charge in [-0.05, 0) is 108 Å². The molecule has 1 atom stereocenters. The number of carbonyl (C=O) groups excluding carboxylic acids is 5. The van der Waals surface area contributed by atoms with Crippen LogP contribution in [-0.4, -0.2) is 145 Å². The van der Waals surface area contributed by atoms with Gasteiger partial charge in [-0.3, -0.25) is 33.8 Å². The largest absolute Gasteiger partial charge is 0.462 e. The van der Waals surface area contributed by atoms with E-state index in [4.69, 9.17) is 18.9 Å². The summed E-state index contributed by atoms with van der Waals surface area (Å²) < 4.78 is 22.3. The van der Waals surface area contributed by atoms with Crippen LogP contribution in [0.15, 0.2) is 0 Å². The van der Waals surface area contributed by atoms with Crippen molar-refractivity contribution in [2.75, 3.05) is 66.5 Å². The molecule has 1 aliphatic rings. The highest BCUT2D eigenvalue weighted by Gasteiger charge is 2.42. The molecule has 0 aromatic heterocycles. The van der Waals surface area contributed by atoms with Crippen molar-refractivity contribution in [2.45, 2.75) is 142 Å². The van der Waals surface area contributed by atoms with Crippen LogP contribution in [0, 0.1) is 0 Å². The number of unbranched alkanes of at least 4 members (excludes halogenated alkanes) is 1. The van der Waals surface area contributed by atoms with Gasteiger partial charge >= 0.3 is 11.9 Å². The molecule has 1 aliphatic heterocycles. The summed E-state index contributed by atoms with van der Waals surface area (Å²) in [6.45, 7) is 22.9. The lowest BCUT2D eigenvalue weighted by molar-refractivity contribution is -0.162. The van der Waals surface area contributed by atoms with E-state index in [0.717, 1.165) is 0 Å². The molecule has 0 aromatic carbocycles. The van der Waals surface area contributed by atoms with Crippen LogP contribution >= 0.6 is 0 Å². The van der Waals surface area contributed by atoms with E-state index in [9.17, 15) is 24.0 Å². The molecule has 0 saturated carbocycles. The number of hydrogen-bond donors (Lipinski definition) is 0. The van der Waals surface area contributed by atoms with Crippen LogP contribution in [0.5, 0.6) is 0 Å². The number of rotatable bonds is 20. The van der Waals surface area contributed by atoms with Gasteiger partial charge in [-0.15, -0.1) is 0 Å². The van der Waals surface area contributed by atoms with Gasteiger partial charge in [0.1, 0.15) is 22.4 Å². The standard InChI is InChI=1S/C37H68N4O9/c1-33(2,3)49-31(45)25-40-24-23-39(20-17-35(7,8)47-28-42)21-19-37(27-40,16-14-13-15-30(44)38(11)12)41(22-18-36(9,10)48-29-43)26-32(46)50-34(4,5)6/h28-29H,13-27H2,1-12H3. The lowest BCUT2D eigenvalue weighted by atomic mass is 9.84. The molecule has 1 rings (SSSR count). The molecule has 290 valence electrons. The summed E-state index contributed by atoms with van der Waals surface area (Å²) in [7, 11) is 3.49. The molecule has 0 bridgehead atoms. The minimum absolute atomic E-state index is 0.00838. The van der Waals surface area contributed by atoms with Crippen molar-refractivity contribution in [1.29, 1.82) is 0 Å². The minimum Gasteiger partial charge on any atom is -0.462 e. The summed E-state index contributed by atoms with van der Waals surface area (Å²) in [6, 6.07) is 0. The van der Waals surface area contributed by atoms with Gasteiger partial charge < -0.3 is 28.7 Å². The molecule has 1 unspecified atom stereocenters. The van der Waals surface area contributed by atoms with Crippen LogP contribution in [0.3, 0.4) is 0 Å². The van der Waals surface area contributed by atoms with Gasteiger partial charge in [-0.25, -0.2) is 0 Å². The highest BCUT2D eigenvalue weighted by Crippen LogP contribution is 2.33. The van der Waals surface area contributed by atoms with Crippen molar-refractivity contribution >= 4 is 30.8 Å². The zero-order valence-electron chi connectivity index (χ0n) is 33.2. The van der Waals surface area contributed by atoms with Gasteiger partial charge in [-0.2, -0.15) is 0 Å². The Morgan fingerprint density at radius 2 is 1.28 bits per heavy atom. The maximum absolute atomic E-state index is 13.6. The second-order valence-corrected chi connectivity index (χ2v) is 17.1. The number of carbonyl (C=O) groups is 5. The molecule has 13 heteroatoms. The van der Waals surface area contributed by atoms with E-state index in [0.29, 0.717) is 97.2 Å². The first-order valence-electron chi connectivity index (χ1n) is 18.0. The topological polar surface area (TPSA) is 135 Å². The van der Waals surface area contributed by atoms with E-state index < -0.39 is 27.9 Å². The summed E-state index contributed by atoms with van der Waals surface area (Å²) in [5, 5.41) is 0. The lowest BCUT2D eigenvalue weighted by Gasteiger charge is -2.50. The third-order valence-corrected chi connectivity index (χ3v) is 8.86. The van der Waals surface area contributed by atoms with E-state index in [1.54, 1.807) is 19.0 Å². The van der Waals surface area contributed by atoms with E-state index >= 15 is 0 Å². The highest BCUT2D eigenvalue weighted by molar-refractivity contribution is 5.75. The quantitative estimate of drug-likeness (QED) is 0.0780. The molecule has 0 aliphatic carbocycles. The van der Waals surface area contributed by atoms with Gasteiger partial charge in [0.25, 0.3) is 12.9 Å². The fourth-order valence-electron chi connectivity index (χ4n) is 6.05. The second-order valence-electron chi connectivity index (χ2n) is 17.1. The van der Waals surface area contributed by atoms with E-state index in [2.05, 4.69) is 14.7 Å². The summed E-state index contributed by atoms with van der Waals surface area (Å²) >= 11 is 0. The third kappa shape index (κ3) is 18.5. The number of hydrogen-bond acceptors (Lipinski definition) is 12. The molecular weight excluding hydrogens is 644 g/mol. The first-order valence-corrected chi connectivity index (χ1v) is 18.0. The molecular formula is C37H68N4O9. The Kier molecular flexibility index (Phi) is 17.9. The Hall–Kier alpha value is -2.77. The fourth-order valence-corrected chi connectivity index (χ4v) is 6.05. The number of esters is 2. The Morgan fingerprint density at radius 3 is 1.82 bits per heavy atom. The van der Waals surface area contributed by atoms with Gasteiger partial charge in [0, 0.05) is 58.8 Å². The molecule has 0 spiro atoms. The molecule has 50 heavy (non-hydrogen) atoms. The van der Waals surface area contributed by atoms with Gasteiger partial charge in [0.2, 0.25) is 5.91 Å². The smallest absolute Gasteiger partial charge is 0.320 e. The SMILES string of the molecule is CN(C)C(=O)CCCCC1(N(CCC(C)(C)OC=O)CC(=O)OC(C)(C)C)CCN(CCC(C)(C)OC=O)CCN(CC(=O)OC(C)(C)C)C1. The minimum atomic E-state index is -0.790. The Morgan fingerprint density at radius 1 is 0.740 bits per heavy atom. The average Bonchev–Trinajstić information content (AvgIpc) is 2.93.